The molecular weight excluding hydrogens is 210 g/mol. The first-order valence-corrected chi connectivity index (χ1v) is 6.44. The molecule has 3 rings (SSSR count). The molecule has 3 heterocycles. The van der Waals surface area contributed by atoms with Crippen LogP contribution in [0.15, 0.2) is 24.5 Å². The van der Waals surface area contributed by atoms with Gasteiger partial charge >= 0.3 is 0 Å². The van der Waals surface area contributed by atoms with Gasteiger partial charge in [-0.05, 0) is 44.1 Å². The van der Waals surface area contributed by atoms with Gasteiger partial charge in [0.15, 0.2) is 0 Å². The topological polar surface area (TPSA) is 20.5 Å². The highest BCUT2D eigenvalue weighted by Crippen LogP contribution is 2.26. The lowest BCUT2D eigenvalue weighted by atomic mass is 10.1. The molecule has 3 nitrogen and oxygen atoms in total. The van der Waals surface area contributed by atoms with Gasteiger partial charge < -0.3 is 9.30 Å². The molecule has 1 unspecified atom stereocenters. The number of fused-ring (bicyclic) bond motifs is 1. The molecule has 1 aliphatic heterocycles. The van der Waals surface area contributed by atoms with Crippen LogP contribution in [0.25, 0.3) is 5.52 Å². The van der Waals surface area contributed by atoms with E-state index in [4.69, 9.17) is 0 Å². The van der Waals surface area contributed by atoms with Gasteiger partial charge in [0, 0.05) is 18.7 Å². The third-order valence-corrected chi connectivity index (χ3v) is 3.80. The minimum Gasteiger partial charge on any atom is -0.303 e. The average molecular weight is 229 g/mol. The summed E-state index contributed by atoms with van der Waals surface area (Å²) in [5.74, 6) is 1.83. The van der Waals surface area contributed by atoms with Crippen molar-refractivity contribution in [3.63, 3.8) is 0 Å². The Labute approximate surface area is 102 Å². The van der Waals surface area contributed by atoms with E-state index < -0.39 is 0 Å². The summed E-state index contributed by atoms with van der Waals surface area (Å²) in [6.45, 7) is 7.88. The Balaban J connectivity index is 1.96. The van der Waals surface area contributed by atoms with Gasteiger partial charge in [0.05, 0.1) is 11.7 Å². The van der Waals surface area contributed by atoms with E-state index in [1.165, 1.54) is 29.9 Å². The highest BCUT2D eigenvalue weighted by Gasteiger charge is 2.25. The van der Waals surface area contributed by atoms with Gasteiger partial charge in [-0.25, -0.2) is 4.98 Å². The van der Waals surface area contributed by atoms with E-state index in [0.29, 0.717) is 5.92 Å². The molecule has 1 saturated heterocycles. The number of aryl methyl sites for hydroxylation is 1. The third kappa shape index (κ3) is 1.84. The van der Waals surface area contributed by atoms with Crippen molar-refractivity contribution in [3.05, 3.63) is 35.9 Å². The second-order valence-corrected chi connectivity index (χ2v) is 4.99. The molecule has 0 spiro atoms. The molecule has 2 aromatic rings. The fourth-order valence-corrected chi connectivity index (χ4v) is 2.76. The van der Waals surface area contributed by atoms with E-state index in [1.54, 1.807) is 0 Å². The van der Waals surface area contributed by atoms with Gasteiger partial charge in [0.1, 0.15) is 5.82 Å². The predicted octanol–water partition coefficient (Wildman–Crippen LogP) is 2.45. The van der Waals surface area contributed by atoms with Crippen LogP contribution in [-0.2, 0) is 0 Å². The molecule has 0 radical (unpaired) electrons. The van der Waals surface area contributed by atoms with Gasteiger partial charge in [-0.2, -0.15) is 0 Å². The molecule has 0 bridgehead atoms. The second-order valence-electron chi connectivity index (χ2n) is 4.99. The highest BCUT2D eigenvalue weighted by atomic mass is 15.2. The predicted molar refractivity (Wildman–Crippen MR) is 69.4 cm³/mol. The molecule has 17 heavy (non-hydrogen) atoms. The minimum absolute atomic E-state index is 0.597. The van der Waals surface area contributed by atoms with Crippen LogP contribution in [0, 0.1) is 6.92 Å². The van der Waals surface area contributed by atoms with E-state index in [9.17, 15) is 0 Å². The van der Waals surface area contributed by atoms with Crippen molar-refractivity contribution in [1.82, 2.24) is 14.3 Å². The zero-order valence-electron chi connectivity index (χ0n) is 10.6. The number of rotatable bonds is 2. The lowest BCUT2D eigenvalue weighted by molar-refractivity contribution is 0.352. The van der Waals surface area contributed by atoms with Gasteiger partial charge in [-0.15, -0.1) is 0 Å². The van der Waals surface area contributed by atoms with E-state index in [2.05, 4.69) is 46.5 Å². The van der Waals surface area contributed by atoms with Crippen molar-refractivity contribution < 1.29 is 0 Å². The number of hydrogen-bond donors (Lipinski definition) is 0. The summed E-state index contributed by atoms with van der Waals surface area (Å²) in [5.41, 5.74) is 2.51. The Morgan fingerprint density at radius 3 is 3.12 bits per heavy atom. The third-order valence-electron chi connectivity index (χ3n) is 3.80. The maximum absolute atomic E-state index is 4.62. The first-order valence-electron chi connectivity index (χ1n) is 6.44. The first kappa shape index (κ1) is 10.8. The molecular formula is C14H19N3. The van der Waals surface area contributed by atoms with Gasteiger partial charge in [-0.1, -0.05) is 6.92 Å². The van der Waals surface area contributed by atoms with E-state index in [-0.39, 0.29) is 0 Å². The van der Waals surface area contributed by atoms with Crippen molar-refractivity contribution in [1.29, 1.82) is 0 Å². The summed E-state index contributed by atoms with van der Waals surface area (Å²) in [4.78, 5) is 7.12. The molecule has 1 atom stereocenters. The van der Waals surface area contributed by atoms with Gasteiger partial charge in [0.2, 0.25) is 0 Å². The zero-order valence-corrected chi connectivity index (χ0v) is 10.6. The number of aromatic nitrogens is 2. The lowest BCUT2D eigenvalue weighted by Gasteiger charge is -2.12. The van der Waals surface area contributed by atoms with Crippen LogP contribution >= 0.6 is 0 Å². The number of likely N-dealkylation sites (tertiary alicyclic amines) is 1. The molecule has 2 aromatic heterocycles. The van der Waals surface area contributed by atoms with Crippen molar-refractivity contribution in [2.24, 2.45) is 0 Å². The van der Waals surface area contributed by atoms with Crippen LogP contribution in [-0.4, -0.2) is 33.9 Å². The van der Waals surface area contributed by atoms with Crippen LogP contribution in [0.2, 0.25) is 0 Å². The summed E-state index contributed by atoms with van der Waals surface area (Å²) < 4.78 is 2.25. The summed E-state index contributed by atoms with van der Waals surface area (Å²) >= 11 is 0. The Hall–Kier alpha value is -1.35. The highest BCUT2D eigenvalue weighted by molar-refractivity contribution is 5.48. The molecule has 3 heteroatoms. The van der Waals surface area contributed by atoms with Crippen LogP contribution in [0.1, 0.15) is 30.7 Å². The standard InChI is InChI=1S/C14H19N3/c1-3-16-6-5-12(10-16)14-15-9-13-8-11(2)4-7-17(13)14/h4,7-9,12H,3,5-6,10H2,1-2H3. The number of likely N-dealkylation sites (N-methyl/N-ethyl adjacent to an activating group) is 1. The first-order chi connectivity index (χ1) is 8.28. The Morgan fingerprint density at radius 1 is 1.47 bits per heavy atom. The molecule has 0 aliphatic carbocycles. The number of hydrogen-bond acceptors (Lipinski definition) is 2. The smallest absolute Gasteiger partial charge is 0.117 e. The van der Waals surface area contributed by atoms with Crippen molar-refractivity contribution in [2.45, 2.75) is 26.2 Å². The molecule has 0 amide bonds. The van der Waals surface area contributed by atoms with E-state index in [1.807, 2.05) is 6.20 Å². The van der Waals surface area contributed by atoms with Crippen molar-refractivity contribution >= 4 is 5.52 Å². The number of imidazole rings is 1. The summed E-state index contributed by atoms with van der Waals surface area (Å²) in [6.07, 6.45) is 5.39. The normalized spacial score (nSPS) is 21.4. The monoisotopic (exact) mass is 229 g/mol. The Bertz CT molecular complexity index is 529. The Kier molecular flexibility index (Phi) is 2.63. The molecule has 1 aliphatic rings. The quantitative estimate of drug-likeness (QED) is 0.788. The number of nitrogens with zero attached hydrogens (tertiary/aromatic N) is 3. The Morgan fingerprint density at radius 2 is 2.35 bits per heavy atom. The van der Waals surface area contributed by atoms with Crippen LogP contribution in [0.3, 0.4) is 0 Å². The fourth-order valence-electron chi connectivity index (χ4n) is 2.76. The SMILES string of the molecule is CCN1CCC(c2ncc3cc(C)ccn23)C1. The molecule has 0 aromatic carbocycles. The molecule has 1 fully saturated rings. The van der Waals surface area contributed by atoms with Gasteiger partial charge in [-0.3, -0.25) is 0 Å². The molecule has 0 saturated carbocycles. The van der Waals surface area contributed by atoms with E-state index in [0.717, 1.165) is 13.1 Å². The van der Waals surface area contributed by atoms with E-state index >= 15 is 0 Å². The lowest BCUT2D eigenvalue weighted by Crippen LogP contribution is -2.19. The van der Waals surface area contributed by atoms with Crippen molar-refractivity contribution in [2.75, 3.05) is 19.6 Å². The summed E-state index contributed by atoms with van der Waals surface area (Å²) in [6, 6.07) is 4.35. The second kappa shape index (κ2) is 4.15. The molecule has 0 N–H and O–H groups in total. The largest absolute Gasteiger partial charge is 0.303 e. The van der Waals surface area contributed by atoms with Gasteiger partial charge in [0.25, 0.3) is 0 Å². The summed E-state index contributed by atoms with van der Waals surface area (Å²) in [7, 11) is 0. The minimum atomic E-state index is 0.597. The number of pyridine rings is 1. The fraction of sp³-hybridized carbons (Fsp3) is 0.500. The zero-order chi connectivity index (χ0) is 11.8. The molecule has 90 valence electrons. The van der Waals surface area contributed by atoms with Crippen LogP contribution in [0.4, 0.5) is 0 Å². The maximum atomic E-state index is 4.62. The average Bonchev–Trinajstić information content (AvgIpc) is 2.93. The summed E-state index contributed by atoms with van der Waals surface area (Å²) in [5, 5.41) is 0. The maximum Gasteiger partial charge on any atom is 0.117 e. The van der Waals surface area contributed by atoms with Crippen LogP contribution < -0.4 is 0 Å². The van der Waals surface area contributed by atoms with Crippen LogP contribution in [0.5, 0.6) is 0 Å². The van der Waals surface area contributed by atoms with Crippen molar-refractivity contribution in [3.8, 4) is 0 Å².